The van der Waals surface area contributed by atoms with Crippen LogP contribution in [0.1, 0.15) is 79.7 Å². The van der Waals surface area contributed by atoms with Crippen molar-refractivity contribution in [2.24, 2.45) is 11.8 Å². The summed E-state index contributed by atoms with van der Waals surface area (Å²) in [6, 6.07) is 7.58. The summed E-state index contributed by atoms with van der Waals surface area (Å²) in [7, 11) is 0. The van der Waals surface area contributed by atoms with Gasteiger partial charge in [-0.2, -0.15) is 0 Å². The van der Waals surface area contributed by atoms with Crippen LogP contribution < -0.4 is 4.90 Å². The molecular formula is C25H41NO4. The monoisotopic (exact) mass is 419 g/mol. The molecule has 0 aliphatic carbocycles. The lowest BCUT2D eigenvalue weighted by molar-refractivity contribution is -0.150. The van der Waals surface area contributed by atoms with Gasteiger partial charge in [-0.3, -0.25) is 9.69 Å². The number of benzene rings is 1. The molecule has 170 valence electrons. The van der Waals surface area contributed by atoms with Crippen LogP contribution in [0.15, 0.2) is 24.3 Å². The third-order valence-electron chi connectivity index (χ3n) is 4.92. The van der Waals surface area contributed by atoms with Crippen LogP contribution in [0.2, 0.25) is 0 Å². The van der Waals surface area contributed by atoms with Crippen molar-refractivity contribution >= 4 is 17.7 Å². The van der Waals surface area contributed by atoms with E-state index in [0.29, 0.717) is 25.4 Å². The van der Waals surface area contributed by atoms with Gasteiger partial charge >= 0.3 is 12.1 Å². The van der Waals surface area contributed by atoms with Crippen molar-refractivity contribution in [2.45, 2.75) is 79.6 Å². The van der Waals surface area contributed by atoms with E-state index in [1.807, 2.05) is 65.8 Å². The summed E-state index contributed by atoms with van der Waals surface area (Å²) < 4.78 is 11.1. The summed E-state index contributed by atoms with van der Waals surface area (Å²) in [5.74, 6) is 0.236. The molecule has 0 N–H and O–H groups in total. The topological polar surface area (TPSA) is 55.8 Å². The molecule has 0 spiro atoms. The Morgan fingerprint density at radius 3 is 2.13 bits per heavy atom. The van der Waals surface area contributed by atoms with Crippen LogP contribution in [0.25, 0.3) is 0 Å². The van der Waals surface area contributed by atoms with Gasteiger partial charge in [0, 0.05) is 6.54 Å². The smallest absolute Gasteiger partial charge is 0.414 e. The Bertz CT molecular complexity index is 667. The molecule has 0 radical (unpaired) electrons. The standard InChI is InChI=1S/C25H41NO4/c1-8-9-10-13-16-26(24(28)30-18-20(4)5)22-15-12-11-14-21(22)25(6,7)23(27)29-17-19(2)3/h11-12,14-15,19-20H,8-10,13,16-18H2,1-7H3. The molecule has 30 heavy (non-hydrogen) atoms. The number of rotatable bonds is 12. The molecule has 0 heterocycles. The van der Waals surface area contributed by atoms with Gasteiger partial charge in [0.2, 0.25) is 0 Å². The first-order valence-electron chi connectivity index (χ1n) is 11.3. The Hall–Kier alpha value is -2.04. The summed E-state index contributed by atoms with van der Waals surface area (Å²) in [4.78, 5) is 27.5. The number of unbranched alkanes of at least 4 members (excludes halogenated alkanes) is 3. The summed E-state index contributed by atoms with van der Waals surface area (Å²) in [6.45, 7) is 15.2. The van der Waals surface area contributed by atoms with Gasteiger partial charge in [-0.15, -0.1) is 0 Å². The maximum Gasteiger partial charge on any atom is 0.414 e. The minimum Gasteiger partial charge on any atom is -0.465 e. The predicted molar refractivity (Wildman–Crippen MR) is 123 cm³/mol. The molecule has 0 saturated carbocycles. The first-order valence-corrected chi connectivity index (χ1v) is 11.3. The largest absolute Gasteiger partial charge is 0.465 e. The molecule has 1 amide bonds. The first-order chi connectivity index (χ1) is 14.1. The fourth-order valence-electron chi connectivity index (χ4n) is 3.09. The second-order valence-electron chi connectivity index (χ2n) is 9.32. The zero-order valence-electron chi connectivity index (χ0n) is 20.0. The third kappa shape index (κ3) is 8.00. The molecular weight excluding hydrogens is 378 g/mol. The number of ether oxygens (including phenoxy) is 2. The first kappa shape index (κ1) is 26.0. The van der Waals surface area contributed by atoms with E-state index >= 15 is 0 Å². The normalized spacial score (nSPS) is 11.6. The van der Waals surface area contributed by atoms with Crippen LogP contribution in [0, 0.1) is 11.8 Å². The van der Waals surface area contributed by atoms with Crippen molar-refractivity contribution < 1.29 is 19.1 Å². The maximum atomic E-state index is 13.0. The van der Waals surface area contributed by atoms with E-state index in [2.05, 4.69) is 6.92 Å². The quantitative estimate of drug-likeness (QED) is 0.293. The number of esters is 1. The number of nitrogens with zero attached hydrogens (tertiary/aromatic N) is 1. The molecule has 0 aliphatic heterocycles. The molecule has 1 aromatic carbocycles. The SMILES string of the molecule is CCCCCCN(C(=O)OCC(C)C)c1ccccc1C(C)(C)C(=O)OCC(C)C. The average molecular weight is 420 g/mol. The number of anilines is 1. The van der Waals surface area contributed by atoms with Crippen LogP contribution >= 0.6 is 0 Å². The minimum absolute atomic E-state index is 0.258. The van der Waals surface area contributed by atoms with E-state index in [9.17, 15) is 9.59 Å². The van der Waals surface area contributed by atoms with E-state index in [-0.39, 0.29) is 23.9 Å². The lowest BCUT2D eigenvalue weighted by Gasteiger charge is -2.31. The van der Waals surface area contributed by atoms with E-state index in [4.69, 9.17) is 9.47 Å². The number of hydrogen-bond donors (Lipinski definition) is 0. The van der Waals surface area contributed by atoms with E-state index < -0.39 is 5.41 Å². The second kappa shape index (κ2) is 12.6. The molecule has 1 aromatic rings. The van der Waals surface area contributed by atoms with Gasteiger partial charge in [0.25, 0.3) is 0 Å². The third-order valence-corrected chi connectivity index (χ3v) is 4.92. The van der Waals surface area contributed by atoms with Crippen molar-refractivity contribution in [3.63, 3.8) is 0 Å². The Morgan fingerprint density at radius 1 is 0.933 bits per heavy atom. The number of carbonyl (C=O) groups excluding carboxylic acids is 2. The number of carbonyl (C=O) groups is 2. The van der Waals surface area contributed by atoms with E-state index in [0.717, 1.165) is 31.2 Å². The molecule has 0 aromatic heterocycles. The Kier molecular flexibility index (Phi) is 10.9. The molecule has 5 heteroatoms. The number of para-hydroxylation sites is 1. The maximum absolute atomic E-state index is 13.0. The van der Waals surface area contributed by atoms with E-state index in [1.165, 1.54) is 0 Å². The van der Waals surface area contributed by atoms with Gasteiger partial charge in [0.15, 0.2) is 0 Å². The summed E-state index contributed by atoms with van der Waals surface area (Å²) in [5, 5.41) is 0. The summed E-state index contributed by atoms with van der Waals surface area (Å²) in [5.41, 5.74) is 0.607. The zero-order chi connectivity index (χ0) is 22.7. The molecule has 0 unspecified atom stereocenters. The fraction of sp³-hybridized carbons (Fsp3) is 0.680. The molecule has 5 nitrogen and oxygen atoms in total. The van der Waals surface area contributed by atoms with Crippen LogP contribution in [0.3, 0.4) is 0 Å². The summed E-state index contributed by atoms with van der Waals surface area (Å²) >= 11 is 0. The van der Waals surface area contributed by atoms with Crippen molar-refractivity contribution in [3.05, 3.63) is 29.8 Å². The minimum atomic E-state index is -0.883. The van der Waals surface area contributed by atoms with E-state index in [1.54, 1.807) is 4.90 Å². The molecule has 0 fully saturated rings. The van der Waals surface area contributed by atoms with Crippen molar-refractivity contribution in [1.29, 1.82) is 0 Å². The Morgan fingerprint density at radius 2 is 1.53 bits per heavy atom. The number of amides is 1. The second-order valence-corrected chi connectivity index (χ2v) is 9.32. The lowest BCUT2D eigenvalue weighted by Crippen LogP contribution is -2.38. The van der Waals surface area contributed by atoms with Crippen LogP contribution in [-0.4, -0.2) is 31.8 Å². The molecule has 0 bridgehead atoms. The van der Waals surface area contributed by atoms with Crippen molar-refractivity contribution in [1.82, 2.24) is 0 Å². The van der Waals surface area contributed by atoms with Crippen LogP contribution in [0.5, 0.6) is 0 Å². The highest BCUT2D eigenvalue weighted by molar-refractivity contribution is 5.92. The number of hydrogen-bond acceptors (Lipinski definition) is 4. The predicted octanol–water partition coefficient (Wildman–Crippen LogP) is 6.34. The molecule has 0 atom stereocenters. The van der Waals surface area contributed by atoms with Crippen molar-refractivity contribution in [2.75, 3.05) is 24.7 Å². The van der Waals surface area contributed by atoms with Gasteiger partial charge < -0.3 is 9.47 Å². The van der Waals surface area contributed by atoms with Crippen molar-refractivity contribution in [3.8, 4) is 0 Å². The van der Waals surface area contributed by atoms with Gasteiger partial charge in [0.1, 0.15) is 0 Å². The lowest BCUT2D eigenvalue weighted by atomic mass is 9.83. The van der Waals surface area contributed by atoms with Gasteiger partial charge in [0.05, 0.1) is 24.3 Å². The van der Waals surface area contributed by atoms with Gasteiger partial charge in [-0.05, 0) is 43.7 Å². The zero-order valence-corrected chi connectivity index (χ0v) is 20.0. The molecule has 0 aliphatic rings. The highest BCUT2D eigenvalue weighted by Gasteiger charge is 2.36. The Balaban J connectivity index is 3.20. The Labute approximate surface area is 183 Å². The van der Waals surface area contributed by atoms with Gasteiger partial charge in [-0.25, -0.2) is 4.79 Å². The average Bonchev–Trinajstić information content (AvgIpc) is 2.70. The van der Waals surface area contributed by atoms with Crippen LogP contribution in [0.4, 0.5) is 10.5 Å². The molecule has 0 saturated heterocycles. The highest BCUT2D eigenvalue weighted by Crippen LogP contribution is 2.34. The van der Waals surface area contributed by atoms with Crippen LogP contribution in [-0.2, 0) is 19.7 Å². The van der Waals surface area contributed by atoms with Gasteiger partial charge in [-0.1, -0.05) is 72.1 Å². The highest BCUT2D eigenvalue weighted by atomic mass is 16.6. The fourth-order valence-corrected chi connectivity index (χ4v) is 3.09. The summed E-state index contributed by atoms with van der Waals surface area (Å²) in [6.07, 6.45) is 3.83. The molecule has 1 rings (SSSR count).